The average Bonchev–Trinajstić information content (AvgIpc) is 2.47. The Balaban J connectivity index is 2.24. The number of hydrogen-bond donors (Lipinski definition) is 0. The van der Waals surface area contributed by atoms with Crippen LogP contribution in [-0.2, 0) is 0 Å². The molecule has 0 aromatic carbocycles. The van der Waals surface area contributed by atoms with Gasteiger partial charge in [-0.1, -0.05) is 33.1 Å². The summed E-state index contributed by atoms with van der Waals surface area (Å²) in [5.74, 6) is 0. The van der Waals surface area contributed by atoms with E-state index >= 15 is 0 Å². The molecule has 0 saturated heterocycles. The molecule has 0 aromatic rings. The van der Waals surface area contributed by atoms with Gasteiger partial charge in [0.05, 0.1) is 5.37 Å². The lowest BCUT2D eigenvalue weighted by Gasteiger charge is -2.08. The fourth-order valence-electron chi connectivity index (χ4n) is 1.72. The molecule has 0 bridgehead atoms. The molecule has 1 rings (SSSR count). The zero-order valence-electron chi connectivity index (χ0n) is 9.05. The van der Waals surface area contributed by atoms with Crippen molar-refractivity contribution in [3.8, 4) is 0 Å². The third-order valence-corrected chi connectivity index (χ3v) is 4.22. The van der Waals surface area contributed by atoms with E-state index in [0.717, 1.165) is 0 Å². The maximum absolute atomic E-state index is 4.69. The topological polar surface area (TPSA) is 12.4 Å². The lowest BCUT2D eigenvalue weighted by atomic mass is 10.2. The van der Waals surface area contributed by atoms with E-state index in [1.807, 2.05) is 0 Å². The van der Waals surface area contributed by atoms with Crippen molar-refractivity contribution in [1.82, 2.24) is 0 Å². The zero-order chi connectivity index (χ0) is 9.68. The maximum atomic E-state index is 4.69. The summed E-state index contributed by atoms with van der Waals surface area (Å²) in [5, 5.41) is 1.29. The average molecular weight is 199 g/mol. The Bertz CT molecular complexity index is 177. The van der Waals surface area contributed by atoms with Gasteiger partial charge in [-0.2, -0.15) is 0 Å². The summed E-state index contributed by atoms with van der Waals surface area (Å²) in [6.45, 7) is 6.69. The zero-order valence-corrected chi connectivity index (χ0v) is 9.86. The highest BCUT2D eigenvalue weighted by Gasteiger charge is 2.23. The van der Waals surface area contributed by atoms with Crippen molar-refractivity contribution in [3.63, 3.8) is 0 Å². The van der Waals surface area contributed by atoms with Gasteiger partial charge in [0.1, 0.15) is 0 Å². The molecular formula is C11H21NS. The first-order valence-electron chi connectivity index (χ1n) is 5.47. The van der Waals surface area contributed by atoms with Crippen molar-refractivity contribution in [2.75, 3.05) is 0 Å². The van der Waals surface area contributed by atoms with E-state index in [2.05, 4.69) is 32.5 Å². The Kier molecular flexibility index (Phi) is 4.86. The van der Waals surface area contributed by atoms with E-state index < -0.39 is 0 Å². The quantitative estimate of drug-likeness (QED) is 0.612. The summed E-state index contributed by atoms with van der Waals surface area (Å²) in [7, 11) is 0. The van der Waals surface area contributed by atoms with Crippen molar-refractivity contribution < 1.29 is 0 Å². The summed E-state index contributed by atoms with van der Waals surface area (Å²) in [6, 6.07) is 0. The van der Waals surface area contributed by atoms with Crippen LogP contribution in [0.1, 0.15) is 52.9 Å². The van der Waals surface area contributed by atoms with E-state index in [9.17, 15) is 0 Å². The molecule has 76 valence electrons. The SMILES string of the molecule is CCCCC[C@@H]1N=C(C)[C@H](CC)S1. The first kappa shape index (κ1) is 11.1. The Labute approximate surface area is 86.4 Å². The minimum atomic E-state index is 0.580. The van der Waals surface area contributed by atoms with Gasteiger partial charge in [-0.25, -0.2) is 0 Å². The molecule has 2 atom stereocenters. The van der Waals surface area contributed by atoms with E-state index in [1.165, 1.54) is 37.8 Å². The molecule has 1 aliphatic rings. The Morgan fingerprint density at radius 2 is 2.08 bits per heavy atom. The van der Waals surface area contributed by atoms with Gasteiger partial charge in [0.2, 0.25) is 0 Å². The normalized spacial score (nSPS) is 27.8. The molecule has 1 nitrogen and oxygen atoms in total. The smallest absolute Gasteiger partial charge is 0.0957 e. The molecule has 0 fully saturated rings. The van der Waals surface area contributed by atoms with Crippen LogP contribution in [-0.4, -0.2) is 16.3 Å². The van der Waals surface area contributed by atoms with Crippen LogP contribution in [0.25, 0.3) is 0 Å². The molecule has 0 N–H and O–H groups in total. The third-order valence-electron chi connectivity index (χ3n) is 2.56. The van der Waals surface area contributed by atoms with Crippen LogP contribution in [0.15, 0.2) is 4.99 Å². The summed E-state index contributed by atoms with van der Waals surface area (Å²) in [6.07, 6.45) is 6.55. The minimum Gasteiger partial charge on any atom is -0.279 e. The van der Waals surface area contributed by atoms with Gasteiger partial charge < -0.3 is 0 Å². The molecule has 0 radical (unpaired) electrons. The largest absolute Gasteiger partial charge is 0.279 e. The van der Waals surface area contributed by atoms with Gasteiger partial charge in [0, 0.05) is 11.0 Å². The van der Waals surface area contributed by atoms with Crippen LogP contribution in [0.2, 0.25) is 0 Å². The van der Waals surface area contributed by atoms with Crippen LogP contribution in [0.4, 0.5) is 0 Å². The molecular weight excluding hydrogens is 178 g/mol. The third kappa shape index (κ3) is 3.34. The van der Waals surface area contributed by atoms with Crippen molar-refractivity contribution in [3.05, 3.63) is 0 Å². The molecule has 0 spiro atoms. The van der Waals surface area contributed by atoms with Gasteiger partial charge in [0.25, 0.3) is 0 Å². The highest BCUT2D eigenvalue weighted by Crippen LogP contribution is 2.32. The van der Waals surface area contributed by atoms with Gasteiger partial charge in [-0.05, 0) is 19.8 Å². The fourth-order valence-corrected chi connectivity index (χ4v) is 3.08. The van der Waals surface area contributed by atoms with Gasteiger partial charge in [-0.3, -0.25) is 4.99 Å². The molecule has 13 heavy (non-hydrogen) atoms. The number of hydrogen-bond acceptors (Lipinski definition) is 2. The summed E-state index contributed by atoms with van der Waals surface area (Å²) < 4.78 is 0. The summed E-state index contributed by atoms with van der Waals surface area (Å²) in [4.78, 5) is 4.69. The van der Waals surface area contributed by atoms with Crippen molar-refractivity contribution >= 4 is 17.5 Å². The highest BCUT2D eigenvalue weighted by atomic mass is 32.2. The van der Waals surface area contributed by atoms with E-state index in [4.69, 9.17) is 4.99 Å². The first-order chi connectivity index (χ1) is 6.27. The van der Waals surface area contributed by atoms with Gasteiger partial charge in [-0.15, -0.1) is 11.8 Å². The standard InChI is InChI=1S/C11H21NS/c1-4-6-7-8-11-12-9(3)10(5-2)13-11/h10-11H,4-8H2,1-3H3/t10-,11+/m0/s1. The first-order valence-corrected chi connectivity index (χ1v) is 6.42. The highest BCUT2D eigenvalue weighted by molar-refractivity contribution is 8.01. The fraction of sp³-hybridized carbons (Fsp3) is 0.909. The van der Waals surface area contributed by atoms with Crippen LogP contribution in [0.3, 0.4) is 0 Å². The van der Waals surface area contributed by atoms with Crippen molar-refractivity contribution in [2.45, 2.75) is 63.5 Å². The van der Waals surface area contributed by atoms with Crippen LogP contribution >= 0.6 is 11.8 Å². The van der Waals surface area contributed by atoms with Crippen molar-refractivity contribution in [1.29, 1.82) is 0 Å². The van der Waals surface area contributed by atoms with E-state index in [0.29, 0.717) is 10.6 Å². The Morgan fingerprint density at radius 1 is 1.31 bits per heavy atom. The van der Waals surface area contributed by atoms with E-state index in [1.54, 1.807) is 0 Å². The molecule has 0 amide bonds. The summed E-state index contributed by atoms with van der Waals surface area (Å²) in [5.41, 5.74) is 1.37. The number of unbranched alkanes of at least 4 members (excludes halogenated alkanes) is 2. The van der Waals surface area contributed by atoms with Crippen LogP contribution in [0.5, 0.6) is 0 Å². The Morgan fingerprint density at radius 3 is 2.62 bits per heavy atom. The number of nitrogens with zero attached hydrogens (tertiary/aromatic N) is 1. The van der Waals surface area contributed by atoms with Gasteiger partial charge >= 0.3 is 0 Å². The number of aliphatic imine (C=N–C) groups is 1. The second kappa shape index (κ2) is 5.69. The monoisotopic (exact) mass is 199 g/mol. The lowest BCUT2D eigenvalue weighted by Crippen LogP contribution is -2.06. The predicted octanol–water partition coefficient (Wildman–Crippen LogP) is 3.88. The molecule has 2 heteroatoms. The van der Waals surface area contributed by atoms with Crippen LogP contribution < -0.4 is 0 Å². The molecule has 1 heterocycles. The minimum absolute atomic E-state index is 0.580. The molecule has 0 aliphatic carbocycles. The second-order valence-corrected chi connectivity index (χ2v) is 5.14. The van der Waals surface area contributed by atoms with Crippen LogP contribution in [0, 0.1) is 0 Å². The molecule has 1 aliphatic heterocycles. The molecule has 0 unspecified atom stereocenters. The van der Waals surface area contributed by atoms with Crippen molar-refractivity contribution in [2.24, 2.45) is 4.99 Å². The molecule has 0 saturated carbocycles. The second-order valence-electron chi connectivity index (χ2n) is 3.75. The number of rotatable bonds is 5. The summed E-state index contributed by atoms with van der Waals surface area (Å²) >= 11 is 2.07. The Hall–Kier alpha value is 0.0200. The number of thioether (sulfide) groups is 1. The van der Waals surface area contributed by atoms with E-state index in [-0.39, 0.29) is 0 Å². The predicted molar refractivity (Wildman–Crippen MR) is 62.7 cm³/mol. The molecule has 0 aromatic heterocycles. The maximum Gasteiger partial charge on any atom is 0.0957 e. The van der Waals surface area contributed by atoms with Gasteiger partial charge in [0.15, 0.2) is 0 Å². The lowest BCUT2D eigenvalue weighted by molar-refractivity contribution is 0.658.